The van der Waals surface area contributed by atoms with Crippen molar-refractivity contribution in [1.82, 2.24) is 5.16 Å². The largest absolute Gasteiger partial charge is 0.496 e. The summed E-state index contributed by atoms with van der Waals surface area (Å²) >= 11 is 0. The van der Waals surface area contributed by atoms with E-state index in [1.165, 1.54) is 18.3 Å². The predicted octanol–water partition coefficient (Wildman–Crippen LogP) is 4.24. The van der Waals surface area contributed by atoms with Crippen LogP contribution in [0.2, 0.25) is 0 Å². The summed E-state index contributed by atoms with van der Waals surface area (Å²) in [7, 11) is 1.52. The molecular formula is C25H24N2O5. The minimum Gasteiger partial charge on any atom is -0.496 e. The van der Waals surface area contributed by atoms with Gasteiger partial charge in [0.05, 0.1) is 13.2 Å². The minimum absolute atomic E-state index is 0.290. The van der Waals surface area contributed by atoms with Crippen LogP contribution in [0.15, 0.2) is 65.4 Å². The maximum Gasteiger partial charge on any atom is 0.295 e. The molecule has 1 aromatic heterocycles. The number of rotatable bonds is 5. The highest BCUT2D eigenvalue weighted by Crippen LogP contribution is 2.45. The second-order valence-corrected chi connectivity index (χ2v) is 8.75. The van der Waals surface area contributed by atoms with E-state index in [4.69, 9.17) is 9.26 Å². The fourth-order valence-electron chi connectivity index (χ4n) is 4.08. The molecule has 0 spiro atoms. The van der Waals surface area contributed by atoms with Crippen molar-refractivity contribution in [2.24, 2.45) is 11.3 Å². The minimum atomic E-state index is -1.14. The highest BCUT2D eigenvalue weighted by Gasteiger charge is 2.54. The zero-order valence-electron chi connectivity index (χ0n) is 18.4. The Morgan fingerprint density at radius 1 is 1.06 bits per heavy atom. The third-order valence-corrected chi connectivity index (χ3v) is 5.64. The van der Waals surface area contributed by atoms with E-state index < -0.39 is 29.1 Å². The van der Waals surface area contributed by atoms with Crippen LogP contribution >= 0.6 is 0 Å². The quantitative estimate of drug-likeness (QED) is 0.443. The summed E-state index contributed by atoms with van der Waals surface area (Å²) in [6, 6.07) is 15.1. The highest BCUT2D eigenvalue weighted by molar-refractivity contribution is 6.48. The van der Waals surface area contributed by atoms with Crippen molar-refractivity contribution in [3.8, 4) is 17.0 Å². The SMILES string of the molecule is COc1ccccc1C1C(C(=O)C(C)(C)C)C(=O)C(=O)N1c1cccc(-c2ccon2)c1. The topological polar surface area (TPSA) is 89.7 Å². The van der Waals surface area contributed by atoms with E-state index in [1.54, 1.807) is 69.3 Å². The van der Waals surface area contributed by atoms with E-state index in [-0.39, 0.29) is 5.78 Å². The molecule has 32 heavy (non-hydrogen) atoms. The van der Waals surface area contributed by atoms with Gasteiger partial charge in [-0.05, 0) is 18.2 Å². The van der Waals surface area contributed by atoms with Gasteiger partial charge < -0.3 is 9.26 Å². The van der Waals surface area contributed by atoms with Gasteiger partial charge in [0.1, 0.15) is 23.6 Å². The molecule has 0 bridgehead atoms. The van der Waals surface area contributed by atoms with Gasteiger partial charge in [0.2, 0.25) is 5.78 Å². The number of hydrogen-bond acceptors (Lipinski definition) is 6. The Balaban J connectivity index is 1.90. The lowest BCUT2D eigenvalue weighted by Crippen LogP contribution is -2.36. The number of benzene rings is 2. The fraction of sp³-hybridized carbons (Fsp3) is 0.280. The number of nitrogens with zero attached hydrogens (tertiary/aromatic N) is 2. The first-order chi connectivity index (χ1) is 15.2. The Hall–Kier alpha value is -3.74. The number of para-hydroxylation sites is 1. The summed E-state index contributed by atoms with van der Waals surface area (Å²) in [5, 5.41) is 3.95. The van der Waals surface area contributed by atoms with Gasteiger partial charge in [0, 0.05) is 28.3 Å². The number of ketones is 2. The third-order valence-electron chi connectivity index (χ3n) is 5.64. The first-order valence-corrected chi connectivity index (χ1v) is 10.3. The molecule has 1 aliphatic heterocycles. The summed E-state index contributed by atoms with van der Waals surface area (Å²) in [6.45, 7) is 5.25. The lowest BCUT2D eigenvalue weighted by atomic mass is 9.77. The molecule has 1 amide bonds. The number of hydrogen-bond donors (Lipinski definition) is 0. The number of anilines is 1. The van der Waals surface area contributed by atoms with Gasteiger partial charge in [0.25, 0.3) is 5.91 Å². The molecule has 1 fully saturated rings. The molecule has 1 saturated heterocycles. The molecule has 2 atom stereocenters. The van der Waals surface area contributed by atoms with E-state index in [2.05, 4.69) is 5.16 Å². The summed E-state index contributed by atoms with van der Waals surface area (Å²) < 4.78 is 10.5. The van der Waals surface area contributed by atoms with Crippen molar-refractivity contribution in [2.45, 2.75) is 26.8 Å². The first-order valence-electron chi connectivity index (χ1n) is 10.3. The monoisotopic (exact) mass is 432 g/mol. The van der Waals surface area contributed by atoms with Crippen LogP contribution in [-0.4, -0.2) is 29.7 Å². The van der Waals surface area contributed by atoms with Crippen LogP contribution in [0.3, 0.4) is 0 Å². The summed E-state index contributed by atoms with van der Waals surface area (Å²) in [5.74, 6) is -2.37. The Morgan fingerprint density at radius 2 is 1.81 bits per heavy atom. The second kappa shape index (κ2) is 8.07. The van der Waals surface area contributed by atoms with Crippen molar-refractivity contribution in [2.75, 3.05) is 12.0 Å². The molecule has 4 rings (SSSR count). The van der Waals surface area contributed by atoms with Crippen molar-refractivity contribution in [3.05, 3.63) is 66.4 Å². The molecule has 0 saturated carbocycles. The molecule has 0 radical (unpaired) electrons. The van der Waals surface area contributed by atoms with Crippen molar-refractivity contribution >= 4 is 23.2 Å². The van der Waals surface area contributed by atoms with Gasteiger partial charge in [-0.25, -0.2) is 0 Å². The Kier molecular flexibility index (Phi) is 5.42. The lowest BCUT2D eigenvalue weighted by molar-refractivity contribution is -0.141. The molecule has 2 aromatic carbocycles. The molecule has 2 heterocycles. The van der Waals surface area contributed by atoms with Gasteiger partial charge in [-0.15, -0.1) is 0 Å². The molecule has 0 N–H and O–H groups in total. The molecule has 7 heteroatoms. The molecule has 164 valence electrons. The average Bonchev–Trinajstić information content (AvgIpc) is 3.40. The van der Waals surface area contributed by atoms with E-state index in [0.29, 0.717) is 22.7 Å². The molecule has 3 aromatic rings. The highest BCUT2D eigenvalue weighted by atomic mass is 16.5. The van der Waals surface area contributed by atoms with Gasteiger partial charge in [-0.3, -0.25) is 19.3 Å². The van der Waals surface area contributed by atoms with E-state index in [1.807, 2.05) is 6.07 Å². The van der Waals surface area contributed by atoms with E-state index in [0.717, 1.165) is 5.56 Å². The van der Waals surface area contributed by atoms with E-state index in [9.17, 15) is 14.4 Å². The second-order valence-electron chi connectivity index (χ2n) is 8.75. The molecule has 1 aliphatic rings. The van der Waals surface area contributed by atoms with Gasteiger partial charge in [0.15, 0.2) is 5.78 Å². The standard InChI is InChI=1S/C25H24N2O5/c1-25(2,3)23(29)20-21(17-10-5-6-11-19(17)31-4)27(24(30)22(20)28)16-9-7-8-15(14-16)18-12-13-32-26-18/h5-14,20-21H,1-4H3. The van der Waals surface area contributed by atoms with Crippen molar-refractivity contribution < 1.29 is 23.6 Å². The normalized spacial score (nSPS) is 18.8. The molecule has 2 unspecified atom stereocenters. The van der Waals surface area contributed by atoms with Crippen LogP contribution in [0.5, 0.6) is 5.75 Å². The van der Waals surface area contributed by atoms with Crippen molar-refractivity contribution in [1.29, 1.82) is 0 Å². The van der Waals surface area contributed by atoms with Crippen LogP contribution in [0.25, 0.3) is 11.3 Å². The maximum atomic E-state index is 13.4. The summed E-state index contributed by atoms with van der Waals surface area (Å²) in [4.78, 5) is 41.2. The maximum absolute atomic E-state index is 13.4. The Labute approximate surface area is 186 Å². The summed E-state index contributed by atoms with van der Waals surface area (Å²) in [5.41, 5.74) is 1.61. The van der Waals surface area contributed by atoms with Crippen LogP contribution in [0, 0.1) is 11.3 Å². The van der Waals surface area contributed by atoms with Crippen LogP contribution in [0.4, 0.5) is 5.69 Å². The number of amides is 1. The lowest BCUT2D eigenvalue weighted by Gasteiger charge is -2.30. The smallest absolute Gasteiger partial charge is 0.295 e. The van der Waals surface area contributed by atoms with Crippen LogP contribution < -0.4 is 9.64 Å². The average molecular weight is 432 g/mol. The fourth-order valence-corrected chi connectivity index (χ4v) is 4.08. The Bertz CT molecular complexity index is 1180. The number of aromatic nitrogens is 1. The number of carbonyl (C=O) groups excluding carboxylic acids is 3. The van der Waals surface area contributed by atoms with Crippen LogP contribution in [-0.2, 0) is 14.4 Å². The van der Waals surface area contributed by atoms with Gasteiger partial charge in [-0.1, -0.05) is 56.3 Å². The molecule has 7 nitrogen and oxygen atoms in total. The summed E-state index contributed by atoms with van der Waals surface area (Å²) in [6.07, 6.45) is 1.46. The number of carbonyl (C=O) groups is 3. The molecule has 0 aliphatic carbocycles. The number of Topliss-reactive ketones (excluding diaryl/α,β-unsaturated/α-hetero) is 2. The van der Waals surface area contributed by atoms with Crippen molar-refractivity contribution in [3.63, 3.8) is 0 Å². The number of methoxy groups -OCH3 is 1. The molecular weight excluding hydrogens is 408 g/mol. The number of ether oxygens (including phenoxy) is 1. The van der Waals surface area contributed by atoms with E-state index >= 15 is 0 Å². The first kappa shape index (κ1) is 21.5. The van der Waals surface area contributed by atoms with Gasteiger partial charge >= 0.3 is 0 Å². The third kappa shape index (κ3) is 3.60. The Morgan fingerprint density at radius 3 is 2.47 bits per heavy atom. The predicted molar refractivity (Wildman–Crippen MR) is 118 cm³/mol. The zero-order chi connectivity index (χ0) is 23.0. The zero-order valence-corrected chi connectivity index (χ0v) is 18.4. The van der Waals surface area contributed by atoms with Crippen LogP contribution in [0.1, 0.15) is 32.4 Å². The van der Waals surface area contributed by atoms with Gasteiger partial charge in [-0.2, -0.15) is 0 Å².